The molecular formula is C19H23NO3. The first-order valence-electron chi connectivity index (χ1n) is 8.84. The summed E-state index contributed by atoms with van der Waals surface area (Å²) >= 11 is 0. The number of rotatable bonds is 1. The van der Waals surface area contributed by atoms with Gasteiger partial charge in [-0.1, -0.05) is 12.1 Å². The number of fused-ring (bicyclic) bond motifs is 2. The second-order valence-corrected chi connectivity index (χ2v) is 7.60. The third kappa shape index (κ3) is 1.88. The van der Waals surface area contributed by atoms with E-state index in [1.807, 2.05) is 11.9 Å². The summed E-state index contributed by atoms with van der Waals surface area (Å²) in [5, 5.41) is 0. The first-order chi connectivity index (χ1) is 11.1. The average Bonchev–Trinajstić information content (AvgIpc) is 3.31. The average molecular weight is 313 g/mol. The Morgan fingerprint density at radius 3 is 2.43 bits per heavy atom. The molecule has 4 aliphatic rings. The summed E-state index contributed by atoms with van der Waals surface area (Å²) in [7, 11) is 1.92. The minimum atomic E-state index is -0.416. The van der Waals surface area contributed by atoms with E-state index in [1.165, 1.54) is 24.0 Å². The normalized spacial score (nSPS) is 27.9. The lowest BCUT2D eigenvalue weighted by atomic mass is 9.68. The van der Waals surface area contributed by atoms with Crippen molar-refractivity contribution in [1.29, 1.82) is 0 Å². The summed E-state index contributed by atoms with van der Waals surface area (Å²) in [5.41, 5.74) is 3.42. The highest BCUT2D eigenvalue weighted by atomic mass is 16.7. The van der Waals surface area contributed by atoms with Crippen molar-refractivity contribution in [2.45, 2.75) is 55.6 Å². The van der Waals surface area contributed by atoms with Gasteiger partial charge in [0.15, 0.2) is 5.79 Å². The topological polar surface area (TPSA) is 38.8 Å². The predicted octanol–water partition coefficient (Wildman–Crippen LogP) is 3.10. The van der Waals surface area contributed by atoms with Crippen LogP contribution in [0.5, 0.6) is 0 Å². The zero-order chi connectivity index (χ0) is 15.7. The Morgan fingerprint density at radius 2 is 1.78 bits per heavy atom. The summed E-state index contributed by atoms with van der Waals surface area (Å²) < 4.78 is 11.7. The van der Waals surface area contributed by atoms with Crippen LogP contribution in [0.2, 0.25) is 0 Å². The number of likely N-dealkylation sites (N-methyl/N-ethyl adjacent to an activating group) is 1. The molecule has 2 aliphatic carbocycles. The van der Waals surface area contributed by atoms with Crippen LogP contribution in [0.3, 0.4) is 0 Å². The van der Waals surface area contributed by atoms with Gasteiger partial charge in [-0.3, -0.25) is 4.79 Å². The number of anilines is 1. The minimum absolute atomic E-state index is 0.258. The van der Waals surface area contributed by atoms with Gasteiger partial charge in [0.1, 0.15) is 0 Å². The van der Waals surface area contributed by atoms with Gasteiger partial charge in [-0.25, -0.2) is 0 Å². The van der Waals surface area contributed by atoms with Gasteiger partial charge in [-0.05, 0) is 48.8 Å². The first-order valence-corrected chi connectivity index (χ1v) is 8.84. The van der Waals surface area contributed by atoms with E-state index in [9.17, 15) is 4.79 Å². The zero-order valence-electron chi connectivity index (χ0n) is 13.6. The molecule has 2 saturated carbocycles. The van der Waals surface area contributed by atoms with Crippen molar-refractivity contribution in [3.05, 3.63) is 29.3 Å². The molecule has 0 unspecified atom stereocenters. The maximum atomic E-state index is 13.1. The van der Waals surface area contributed by atoms with Crippen LogP contribution in [0, 0.1) is 0 Å². The Morgan fingerprint density at radius 1 is 1.09 bits per heavy atom. The van der Waals surface area contributed by atoms with E-state index in [4.69, 9.17) is 9.47 Å². The van der Waals surface area contributed by atoms with Crippen LogP contribution in [0.4, 0.5) is 5.69 Å². The molecule has 4 nitrogen and oxygen atoms in total. The third-order valence-electron chi connectivity index (χ3n) is 6.34. The standard InChI is InChI=1S/C19H23NO3/c1-20-16-5-4-14(13-2-3-13)12-15(16)18(17(20)21)6-8-19(9-7-18)22-10-11-23-19/h4-5,12-13H,2-3,6-11H2,1H3. The van der Waals surface area contributed by atoms with Gasteiger partial charge in [0, 0.05) is 25.6 Å². The SMILES string of the molecule is CN1C(=O)C2(CCC3(CC2)OCCO3)c2cc(C3CC3)ccc21. The number of hydrogen-bond donors (Lipinski definition) is 0. The number of benzene rings is 1. The fourth-order valence-corrected chi connectivity index (χ4v) is 4.77. The van der Waals surface area contributed by atoms with E-state index >= 15 is 0 Å². The molecule has 0 aromatic heterocycles. The van der Waals surface area contributed by atoms with Crippen LogP contribution in [-0.4, -0.2) is 32.0 Å². The zero-order valence-corrected chi connectivity index (χ0v) is 13.6. The molecule has 0 bridgehead atoms. The molecule has 4 heteroatoms. The van der Waals surface area contributed by atoms with Gasteiger partial charge in [-0.15, -0.1) is 0 Å². The molecule has 3 fully saturated rings. The van der Waals surface area contributed by atoms with Gasteiger partial charge in [0.05, 0.1) is 18.6 Å². The molecule has 1 aromatic carbocycles. The number of carbonyl (C=O) groups is 1. The largest absolute Gasteiger partial charge is 0.348 e. The van der Waals surface area contributed by atoms with E-state index in [0.717, 1.165) is 37.3 Å². The highest BCUT2D eigenvalue weighted by molar-refractivity contribution is 6.08. The highest BCUT2D eigenvalue weighted by Crippen LogP contribution is 2.54. The predicted molar refractivity (Wildman–Crippen MR) is 86.6 cm³/mol. The fourth-order valence-electron chi connectivity index (χ4n) is 4.77. The summed E-state index contributed by atoms with van der Waals surface area (Å²) in [4.78, 5) is 14.9. The molecule has 23 heavy (non-hydrogen) atoms. The summed E-state index contributed by atoms with van der Waals surface area (Å²) in [6.07, 6.45) is 5.88. The number of hydrogen-bond acceptors (Lipinski definition) is 3. The quantitative estimate of drug-likeness (QED) is 0.800. The van der Waals surface area contributed by atoms with Gasteiger partial charge in [0.2, 0.25) is 5.91 Å². The summed E-state index contributed by atoms with van der Waals surface area (Å²) in [5.74, 6) is 0.559. The molecule has 1 saturated heterocycles. The van der Waals surface area contributed by atoms with Crippen LogP contribution in [0.15, 0.2) is 18.2 Å². The van der Waals surface area contributed by atoms with Crippen molar-refractivity contribution in [2.24, 2.45) is 0 Å². The van der Waals surface area contributed by atoms with Crippen LogP contribution in [0.1, 0.15) is 55.6 Å². The Balaban J connectivity index is 1.53. The van der Waals surface area contributed by atoms with Crippen LogP contribution >= 0.6 is 0 Å². The number of ether oxygens (including phenoxy) is 2. The molecule has 1 amide bonds. The van der Waals surface area contributed by atoms with Gasteiger partial charge in [0.25, 0.3) is 0 Å². The first kappa shape index (κ1) is 14.0. The Kier molecular flexibility index (Phi) is 2.79. The van der Waals surface area contributed by atoms with Crippen LogP contribution in [0.25, 0.3) is 0 Å². The lowest BCUT2D eigenvalue weighted by Gasteiger charge is -2.40. The lowest BCUT2D eigenvalue weighted by molar-refractivity contribution is -0.185. The molecule has 2 heterocycles. The van der Waals surface area contributed by atoms with E-state index in [1.54, 1.807) is 0 Å². The van der Waals surface area contributed by atoms with Crippen LogP contribution < -0.4 is 4.90 Å². The second kappa shape index (κ2) is 4.58. The smallest absolute Gasteiger partial charge is 0.237 e. The molecule has 2 aliphatic heterocycles. The van der Waals surface area contributed by atoms with E-state index in [-0.39, 0.29) is 11.3 Å². The minimum Gasteiger partial charge on any atom is -0.348 e. The van der Waals surface area contributed by atoms with E-state index in [2.05, 4.69) is 18.2 Å². The van der Waals surface area contributed by atoms with Crippen molar-refractivity contribution in [3.8, 4) is 0 Å². The van der Waals surface area contributed by atoms with Gasteiger partial charge < -0.3 is 14.4 Å². The molecule has 5 rings (SSSR count). The van der Waals surface area contributed by atoms with Gasteiger partial charge >= 0.3 is 0 Å². The molecule has 1 aromatic rings. The summed E-state index contributed by atoms with van der Waals surface area (Å²) in [6.45, 7) is 1.37. The van der Waals surface area contributed by atoms with Gasteiger partial charge in [-0.2, -0.15) is 0 Å². The van der Waals surface area contributed by atoms with Crippen molar-refractivity contribution in [1.82, 2.24) is 0 Å². The fraction of sp³-hybridized carbons (Fsp3) is 0.632. The lowest BCUT2D eigenvalue weighted by Crippen LogP contribution is -2.47. The second-order valence-electron chi connectivity index (χ2n) is 7.60. The Labute approximate surface area is 136 Å². The monoisotopic (exact) mass is 313 g/mol. The maximum Gasteiger partial charge on any atom is 0.237 e. The molecular weight excluding hydrogens is 290 g/mol. The Bertz CT molecular complexity index is 663. The molecule has 0 radical (unpaired) electrons. The molecule has 122 valence electrons. The molecule has 0 atom stereocenters. The number of carbonyl (C=O) groups excluding carboxylic acids is 1. The van der Waals surface area contributed by atoms with Crippen molar-refractivity contribution >= 4 is 11.6 Å². The van der Waals surface area contributed by atoms with E-state index in [0.29, 0.717) is 13.2 Å². The van der Waals surface area contributed by atoms with Crippen molar-refractivity contribution in [2.75, 3.05) is 25.2 Å². The molecule has 0 N–H and O–H groups in total. The maximum absolute atomic E-state index is 13.1. The van der Waals surface area contributed by atoms with Crippen molar-refractivity contribution < 1.29 is 14.3 Å². The summed E-state index contributed by atoms with van der Waals surface area (Å²) in [6, 6.07) is 6.69. The van der Waals surface area contributed by atoms with Crippen molar-refractivity contribution in [3.63, 3.8) is 0 Å². The molecule has 2 spiro atoms. The van der Waals surface area contributed by atoms with E-state index < -0.39 is 5.79 Å². The number of nitrogens with zero attached hydrogens (tertiary/aromatic N) is 1. The highest BCUT2D eigenvalue weighted by Gasteiger charge is 2.55. The van der Waals surface area contributed by atoms with Crippen LogP contribution in [-0.2, 0) is 19.7 Å². The number of amides is 1. The Hall–Kier alpha value is -1.39. The third-order valence-corrected chi connectivity index (χ3v) is 6.34.